The Kier molecular flexibility index (Phi) is 3.62. The highest BCUT2D eigenvalue weighted by atomic mass is 15.3. The van der Waals surface area contributed by atoms with Crippen molar-refractivity contribution in [2.45, 2.75) is 6.92 Å². The van der Waals surface area contributed by atoms with E-state index in [-0.39, 0.29) is 0 Å². The third-order valence-corrected chi connectivity index (χ3v) is 3.18. The molecule has 0 saturated carbocycles. The number of hydrogen-bond donors (Lipinski definition) is 1. The molecule has 0 spiro atoms. The van der Waals surface area contributed by atoms with Crippen LogP contribution in [0, 0.1) is 0 Å². The van der Waals surface area contributed by atoms with Crippen LogP contribution in [0.25, 0.3) is 0 Å². The van der Waals surface area contributed by atoms with Crippen LogP contribution in [0.15, 0.2) is 18.3 Å². The highest BCUT2D eigenvalue weighted by molar-refractivity contribution is 5.48. The summed E-state index contributed by atoms with van der Waals surface area (Å²) in [6, 6.07) is 4.17. The van der Waals surface area contributed by atoms with Gasteiger partial charge in [-0.25, -0.2) is 4.98 Å². The van der Waals surface area contributed by atoms with Gasteiger partial charge in [0.25, 0.3) is 0 Å². The Morgan fingerprint density at radius 2 is 2.00 bits per heavy atom. The summed E-state index contributed by atoms with van der Waals surface area (Å²) < 4.78 is 0. The average molecular weight is 220 g/mol. The van der Waals surface area contributed by atoms with E-state index in [1.54, 1.807) is 0 Å². The minimum atomic E-state index is 1.07. The summed E-state index contributed by atoms with van der Waals surface area (Å²) in [7, 11) is 1.91. The number of pyridine rings is 1. The van der Waals surface area contributed by atoms with Crippen LogP contribution in [-0.4, -0.2) is 49.7 Å². The number of rotatable bonds is 3. The molecular formula is C12H20N4. The van der Waals surface area contributed by atoms with E-state index in [0.717, 1.165) is 44.2 Å². The van der Waals surface area contributed by atoms with Gasteiger partial charge in [-0.05, 0) is 18.7 Å². The van der Waals surface area contributed by atoms with Crippen LogP contribution in [0.4, 0.5) is 11.5 Å². The fourth-order valence-electron chi connectivity index (χ4n) is 2.01. The number of hydrogen-bond acceptors (Lipinski definition) is 4. The van der Waals surface area contributed by atoms with Crippen molar-refractivity contribution in [2.24, 2.45) is 0 Å². The lowest BCUT2D eigenvalue weighted by Crippen LogP contribution is -2.46. The first-order chi connectivity index (χ1) is 7.83. The third kappa shape index (κ3) is 2.44. The number of nitrogens with zero attached hydrogens (tertiary/aromatic N) is 3. The molecule has 4 nitrogen and oxygen atoms in total. The maximum atomic E-state index is 4.47. The van der Waals surface area contributed by atoms with Gasteiger partial charge in [-0.1, -0.05) is 6.92 Å². The molecule has 0 amide bonds. The lowest BCUT2D eigenvalue weighted by molar-refractivity contribution is 0.270. The Morgan fingerprint density at radius 3 is 2.50 bits per heavy atom. The van der Waals surface area contributed by atoms with Crippen LogP contribution >= 0.6 is 0 Å². The zero-order valence-corrected chi connectivity index (χ0v) is 10.1. The molecule has 0 aromatic carbocycles. The van der Waals surface area contributed by atoms with E-state index in [1.165, 1.54) is 0 Å². The lowest BCUT2D eigenvalue weighted by atomic mass is 10.3. The molecule has 88 valence electrons. The molecule has 2 rings (SSSR count). The van der Waals surface area contributed by atoms with Crippen molar-refractivity contribution >= 4 is 11.5 Å². The van der Waals surface area contributed by atoms with Gasteiger partial charge < -0.3 is 15.1 Å². The molecule has 1 fully saturated rings. The van der Waals surface area contributed by atoms with Gasteiger partial charge in [0.1, 0.15) is 5.82 Å². The summed E-state index contributed by atoms with van der Waals surface area (Å²) in [4.78, 5) is 9.29. The van der Waals surface area contributed by atoms with Crippen LogP contribution in [0.5, 0.6) is 0 Å². The summed E-state index contributed by atoms with van der Waals surface area (Å²) in [5, 5.41) is 3.08. The standard InChI is InChI=1S/C12H20N4/c1-3-15-6-8-16(9-7-15)12-5-4-11(13-2)10-14-12/h4-5,10,13H,3,6-9H2,1-2H3. The van der Waals surface area contributed by atoms with Crippen LogP contribution in [0.1, 0.15) is 6.92 Å². The Labute approximate surface area is 97.3 Å². The normalized spacial score (nSPS) is 17.5. The molecule has 1 saturated heterocycles. The zero-order chi connectivity index (χ0) is 11.4. The second-order valence-electron chi connectivity index (χ2n) is 4.08. The summed E-state index contributed by atoms with van der Waals surface area (Å²) in [5.41, 5.74) is 1.07. The lowest BCUT2D eigenvalue weighted by Gasteiger charge is -2.34. The molecule has 1 N–H and O–H groups in total. The fourth-order valence-corrected chi connectivity index (χ4v) is 2.01. The average Bonchev–Trinajstić information content (AvgIpc) is 2.39. The van der Waals surface area contributed by atoms with Crippen molar-refractivity contribution in [3.8, 4) is 0 Å². The minimum Gasteiger partial charge on any atom is -0.387 e. The molecule has 1 aromatic heterocycles. The smallest absolute Gasteiger partial charge is 0.128 e. The van der Waals surface area contributed by atoms with E-state index in [9.17, 15) is 0 Å². The van der Waals surface area contributed by atoms with Crippen molar-refractivity contribution in [3.05, 3.63) is 18.3 Å². The molecule has 4 heteroatoms. The van der Waals surface area contributed by atoms with Crippen molar-refractivity contribution in [3.63, 3.8) is 0 Å². The van der Waals surface area contributed by atoms with Gasteiger partial charge in [0.05, 0.1) is 11.9 Å². The van der Waals surface area contributed by atoms with E-state index < -0.39 is 0 Å². The van der Waals surface area contributed by atoms with Gasteiger partial charge >= 0.3 is 0 Å². The largest absolute Gasteiger partial charge is 0.387 e. The van der Waals surface area contributed by atoms with Crippen molar-refractivity contribution in [1.29, 1.82) is 0 Å². The number of anilines is 2. The molecular weight excluding hydrogens is 200 g/mol. The maximum absolute atomic E-state index is 4.47. The van der Waals surface area contributed by atoms with Gasteiger partial charge in [-0.15, -0.1) is 0 Å². The monoisotopic (exact) mass is 220 g/mol. The molecule has 1 aliphatic heterocycles. The summed E-state index contributed by atoms with van der Waals surface area (Å²) in [6.07, 6.45) is 1.89. The molecule has 0 unspecified atom stereocenters. The van der Waals surface area contributed by atoms with E-state index in [4.69, 9.17) is 0 Å². The van der Waals surface area contributed by atoms with E-state index in [2.05, 4.69) is 39.2 Å². The number of nitrogens with one attached hydrogen (secondary N) is 1. The van der Waals surface area contributed by atoms with Crippen LogP contribution in [-0.2, 0) is 0 Å². The molecule has 0 radical (unpaired) electrons. The second-order valence-corrected chi connectivity index (χ2v) is 4.08. The second kappa shape index (κ2) is 5.16. The molecule has 1 aliphatic rings. The SMILES string of the molecule is CCN1CCN(c2ccc(NC)cn2)CC1. The van der Waals surface area contributed by atoms with Gasteiger partial charge in [-0.3, -0.25) is 0 Å². The van der Waals surface area contributed by atoms with Crippen LogP contribution < -0.4 is 10.2 Å². The first kappa shape index (κ1) is 11.2. The quantitative estimate of drug-likeness (QED) is 0.831. The Morgan fingerprint density at radius 1 is 1.25 bits per heavy atom. The number of piperazine rings is 1. The zero-order valence-electron chi connectivity index (χ0n) is 10.1. The van der Waals surface area contributed by atoms with Gasteiger partial charge in [0.15, 0.2) is 0 Å². The third-order valence-electron chi connectivity index (χ3n) is 3.18. The topological polar surface area (TPSA) is 31.4 Å². The Hall–Kier alpha value is -1.29. The minimum absolute atomic E-state index is 1.07. The fraction of sp³-hybridized carbons (Fsp3) is 0.583. The van der Waals surface area contributed by atoms with Crippen molar-refractivity contribution < 1.29 is 0 Å². The molecule has 2 heterocycles. The molecule has 0 atom stereocenters. The van der Waals surface area contributed by atoms with E-state index in [1.807, 2.05) is 13.2 Å². The highest BCUT2D eigenvalue weighted by Gasteiger charge is 2.16. The molecule has 1 aromatic rings. The molecule has 16 heavy (non-hydrogen) atoms. The summed E-state index contributed by atoms with van der Waals surface area (Å²) >= 11 is 0. The summed E-state index contributed by atoms with van der Waals surface area (Å²) in [5.74, 6) is 1.09. The molecule has 0 bridgehead atoms. The predicted molar refractivity (Wildman–Crippen MR) is 68.1 cm³/mol. The maximum Gasteiger partial charge on any atom is 0.128 e. The van der Waals surface area contributed by atoms with E-state index in [0.29, 0.717) is 0 Å². The Balaban J connectivity index is 1.97. The number of likely N-dealkylation sites (N-methyl/N-ethyl adjacent to an activating group) is 1. The van der Waals surface area contributed by atoms with Gasteiger partial charge in [0, 0.05) is 33.2 Å². The molecule has 0 aliphatic carbocycles. The first-order valence-corrected chi connectivity index (χ1v) is 5.94. The van der Waals surface area contributed by atoms with Crippen LogP contribution in [0.2, 0.25) is 0 Å². The summed E-state index contributed by atoms with van der Waals surface area (Å²) in [6.45, 7) is 7.83. The van der Waals surface area contributed by atoms with Crippen molar-refractivity contribution in [1.82, 2.24) is 9.88 Å². The number of aromatic nitrogens is 1. The van der Waals surface area contributed by atoms with Crippen LogP contribution in [0.3, 0.4) is 0 Å². The Bertz CT molecular complexity index is 314. The predicted octanol–water partition coefficient (Wildman–Crippen LogP) is 1.27. The highest BCUT2D eigenvalue weighted by Crippen LogP contribution is 2.15. The van der Waals surface area contributed by atoms with E-state index >= 15 is 0 Å². The first-order valence-electron chi connectivity index (χ1n) is 5.94. The van der Waals surface area contributed by atoms with Gasteiger partial charge in [0.2, 0.25) is 0 Å². The van der Waals surface area contributed by atoms with Crippen molar-refractivity contribution in [2.75, 3.05) is 50.0 Å². The van der Waals surface area contributed by atoms with Gasteiger partial charge in [-0.2, -0.15) is 0 Å².